The van der Waals surface area contributed by atoms with Crippen molar-refractivity contribution in [3.63, 3.8) is 0 Å². The third-order valence-corrected chi connectivity index (χ3v) is 3.18. The molecule has 21 heavy (non-hydrogen) atoms. The van der Waals surface area contributed by atoms with Crippen molar-refractivity contribution in [3.8, 4) is 0 Å². The van der Waals surface area contributed by atoms with Gasteiger partial charge in [0.2, 0.25) is 5.76 Å². The van der Waals surface area contributed by atoms with Crippen LogP contribution in [-0.4, -0.2) is 54.6 Å². The minimum atomic E-state index is -4.87. The Bertz CT molecular complexity index is 496. The molecule has 1 aliphatic rings. The van der Waals surface area contributed by atoms with Crippen molar-refractivity contribution in [1.29, 1.82) is 0 Å². The van der Waals surface area contributed by atoms with Crippen LogP contribution in [0, 0.1) is 0 Å². The monoisotopic (exact) mass is 326 g/mol. The first-order valence-electron chi connectivity index (χ1n) is 6.33. The highest BCUT2D eigenvalue weighted by Gasteiger charge is 2.43. The van der Waals surface area contributed by atoms with Gasteiger partial charge in [-0.15, -0.1) is 0 Å². The molecule has 0 aromatic rings. The topological polar surface area (TPSA) is 140 Å². The summed E-state index contributed by atoms with van der Waals surface area (Å²) in [6, 6.07) is 0. The summed E-state index contributed by atoms with van der Waals surface area (Å²) in [5.74, 6) is -2.25. The molecule has 0 saturated carbocycles. The van der Waals surface area contributed by atoms with E-state index < -0.39 is 40.9 Å². The first-order chi connectivity index (χ1) is 9.80. The highest BCUT2D eigenvalue weighted by molar-refractivity contribution is 7.80. The number of carbonyl (C=O) groups is 1. The van der Waals surface area contributed by atoms with Crippen molar-refractivity contribution >= 4 is 16.4 Å². The van der Waals surface area contributed by atoms with Gasteiger partial charge in [0.15, 0.2) is 11.9 Å². The van der Waals surface area contributed by atoms with Crippen LogP contribution in [0.15, 0.2) is 11.5 Å². The molecule has 0 aromatic carbocycles. The van der Waals surface area contributed by atoms with Gasteiger partial charge in [-0.05, 0) is 6.42 Å². The number of hydrogen-bond donors (Lipinski definition) is 3. The van der Waals surface area contributed by atoms with E-state index >= 15 is 0 Å². The van der Waals surface area contributed by atoms with Crippen LogP contribution in [-0.2, 0) is 28.9 Å². The molecule has 0 unspecified atom stereocenters. The fourth-order valence-corrected chi connectivity index (χ4v) is 2.20. The van der Waals surface area contributed by atoms with E-state index in [0.717, 1.165) is 12.8 Å². The maximum Gasteiger partial charge on any atom is 0.397 e. The summed E-state index contributed by atoms with van der Waals surface area (Å²) in [6.07, 6.45) is -0.630. The predicted octanol–water partition coefficient (Wildman–Crippen LogP) is 0.0685. The van der Waals surface area contributed by atoms with E-state index in [1.165, 1.54) is 0 Å². The highest BCUT2D eigenvalue weighted by atomic mass is 32.3. The number of hydrogen-bond acceptors (Lipinski definition) is 8. The predicted molar refractivity (Wildman–Crippen MR) is 68.5 cm³/mol. The molecule has 0 aromatic heterocycles. The zero-order valence-electron chi connectivity index (χ0n) is 11.4. The summed E-state index contributed by atoms with van der Waals surface area (Å²) in [6.45, 7) is 1.26. The molecule has 0 bridgehead atoms. The van der Waals surface area contributed by atoms with Crippen LogP contribution in [0.25, 0.3) is 0 Å². The molecule has 2 atom stereocenters. The largest absolute Gasteiger partial charge is 0.499 e. The lowest BCUT2D eigenvalue weighted by Gasteiger charge is -2.21. The third kappa shape index (κ3) is 5.16. The number of aliphatic hydroxyl groups excluding tert-OH is 2. The van der Waals surface area contributed by atoms with Crippen LogP contribution in [0.1, 0.15) is 26.2 Å². The SMILES string of the molecule is CCCCCOC1=C(O)C(=O)O[C@@H]1[C@H](CO)OS(=O)(=O)O. The zero-order valence-corrected chi connectivity index (χ0v) is 12.2. The molecule has 0 spiro atoms. The molecule has 10 heteroatoms. The second-order valence-corrected chi connectivity index (χ2v) is 5.39. The van der Waals surface area contributed by atoms with Crippen LogP contribution in [0.3, 0.4) is 0 Å². The number of unbranched alkanes of at least 4 members (excludes halogenated alkanes) is 2. The van der Waals surface area contributed by atoms with E-state index in [1.54, 1.807) is 0 Å². The van der Waals surface area contributed by atoms with E-state index in [2.05, 4.69) is 4.18 Å². The number of carbonyl (C=O) groups excluding carboxylic acids is 1. The lowest BCUT2D eigenvalue weighted by molar-refractivity contribution is -0.147. The minimum absolute atomic E-state index is 0.171. The van der Waals surface area contributed by atoms with Gasteiger partial charge in [0.05, 0.1) is 13.2 Å². The van der Waals surface area contributed by atoms with E-state index in [-0.39, 0.29) is 12.4 Å². The first kappa shape index (κ1) is 17.7. The summed E-state index contributed by atoms with van der Waals surface area (Å²) < 4.78 is 44.1. The quantitative estimate of drug-likeness (QED) is 0.305. The van der Waals surface area contributed by atoms with Crippen molar-refractivity contribution in [1.82, 2.24) is 0 Å². The summed E-state index contributed by atoms with van der Waals surface area (Å²) in [5.41, 5.74) is 0. The standard InChI is InChI=1S/C11H18O9S/c1-2-3-4-5-18-10-8(13)11(14)19-9(10)7(6-12)20-21(15,16)17/h7,9,12-13H,2-6H2,1H3,(H,15,16,17)/t7-,9+/m0/s1. The number of esters is 1. The average molecular weight is 326 g/mol. The fraction of sp³-hybridized carbons (Fsp3) is 0.727. The van der Waals surface area contributed by atoms with Gasteiger partial charge in [-0.3, -0.25) is 4.55 Å². The van der Waals surface area contributed by atoms with Gasteiger partial charge < -0.3 is 19.7 Å². The van der Waals surface area contributed by atoms with Crippen LogP contribution >= 0.6 is 0 Å². The van der Waals surface area contributed by atoms with Crippen LogP contribution in [0.2, 0.25) is 0 Å². The van der Waals surface area contributed by atoms with Crippen molar-refractivity contribution in [3.05, 3.63) is 11.5 Å². The summed E-state index contributed by atoms with van der Waals surface area (Å²) >= 11 is 0. The Labute approximate surface area is 122 Å². The van der Waals surface area contributed by atoms with E-state index in [4.69, 9.17) is 19.1 Å². The first-order valence-corrected chi connectivity index (χ1v) is 7.70. The molecule has 0 saturated heterocycles. The Hall–Kier alpha value is -1.36. The van der Waals surface area contributed by atoms with Crippen molar-refractivity contribution in [2.45, 2.75) is 38.4 Å². The summed E-state index contributed by atoms with van der Waals surface area (Å²) in [5, 5.41) is 18.7. The van der Waals surface area contributed by atoms with Crippen LogP contribution in [0.5, 0.6) is 0 Å². The van der Waals surface area contributed by atoms with Crippen LogP contribution < -0.4 is 0 Å². The summed E-state index contributed by atoms with van der Waals surface area (Å²) in [4.78, 5) is 11.3. The van der Waals surface area contributed by atoms with E-state index in [1.807, 2.05) is 6.92 Å². The number of aliphatic hydroxyl groups is 2. The maximum atomic E-state index is 11.3. The zero-order chi connectivity index (χ0) is 16.0. The smallest absolute Gasteiger partial charge is 0.397 e. The molecular formula is C11H18O9S. The Morgan fingerprint density at radius 2 is 2.05 bits per heavy atom. The number of ether oxygens (including phenoxy) is 2. The van der Waals surface area contributed by atoms with E-state index in [0.29, 0.717) is 6.42 Å². The maximum absolute atomic E-state index is 11.3. The highest BCUT2D eigenvalue weighted by Crippen LogP contribution is 2.27. The van der Waals surface area contributed by atoms with Gasteiger partial charge in [-0.2, -0.15) is 8.42 Å². The van der Waals surface area contributed by atoms with Gasteiger partial charge >= 0.3 is 16.4 Å². The Kier molecular flexibility index (Phi) is 6.40. The molecule has 3 N–H and O–H groups in total. The molecule has 0 aliphatic carbocycles. The molecule has 0 fully saturated rings. The minimum Gasteiger partial charge on any atom is -0.499 e. The lowest BCUT2D eigenvalue weighted by atomic mass is 10.2. The lowest BCUT2D eigenvalue weighted by Crippen LogP contribution is -2.36. The average Bonchev–Trinajstić information content (AvgIpc) is 2.68. The molecular weight excluding hydrogens is 308 g/mol. The van der Waals surface area contributed by atoms with Gasteiger partial charge in [0.25, 0.3) is 0 Å². The van der Waals surface area contributed by atoms with Gasteiger partial charge in [0.1, 0.15) is 6.10 Å². The molecule has 122 valence electrons. The van der Waals surface area contributed by atoms with Gasteiger partial charge in [-0.25, -0.2) is 8.98 Å². The Morgan fingerprint density at radius 1 is 1.38 bits per heavy atom. The van der Waals surface area contributed by atoms with Crippen molar-refractivity contribution < 1.29 is 41.6 Å². The number of cyclic esters (lactones) is 1. The van der Waals surface area contributed by atoms with Crippen molar-refractivity contribution in [2.24, 2.45) is 0 Å². The molecule has 0 radical (unpaired) electrons. The molecule has 0 amide bonds. The van der Waals surface area contributed by atoms with Gasteiger partial charge in [0, 0.05) is 0 Å². The van der Waals surface area contributed by atoms with Gasteiger partial charge in [-0.1, -0.05) is 19.8 Å². The second-order valence-electron chi connectivity index (χ2n) is 4.34. The molecule has 1 heterocycles. The second kappa shape index (κ2) is 7.59. The van der Waals surface area contributed by atoms with Crippen LogP contribution in [0.4, 0.5) is 0 Å². The number of rotatable bonds is 9. The Morgan fingerprint density at radius 3 is 2.57 bits per heavy atom. The molecule has 9 nitrogen and oxygen atoms in total. The van der Waals surface area contributed by atoms with E-state index in [9.17, 15) is 18.3 Å². The molecule has 1 aliphatic heterocycles. The Balaban J connectivity index is 2.81. The fourth-order valence-electron chi connectivity index (χ4n) is 1.72. The van der Waals surface area contributed by atoms with Crippen molar-refractivity contribution in [2.75, 3.05) is 13.2 Å². The molecule has 1 rings (SSSR count). The summed E-state index contributed by atoms with van der Waals surface area (Å²) in [7, 11) is -4.87. The third-order valence-electron chi connectivity index (χ3n) is 2.69. The normalized spacial score (nSPS) is 20.5.